The van der Waals surface area contributed by atoms with Crippen LogP contribution in [0.3, 0.4) is 0 Å². The minimum absolute atomic E-state index is 0.0187. The SMILES string of the molecule is CC(C)CC(NC(=O)C1CC(=O)N(C(C)C)C1)c1cccc(C(F)(F)F)c1. The van der Waals surface area contributed by atoms with Crippen molar-refractivity contribution in [3.63, 3.8) is 0 Å². The second kappa shape index (κ2) is 8.31. The number of alkyl halides is 3. The summed E-state index contributed by atoms with van der Waals surface area (Å²) in [6.07, 6.45) is -3.78. The van der Waals surface area contributed by atoms with Gasteiger partial charge in [-0.25, -0.2) is 0 Å². The number of hydrogen-bond acceptors (Lipinski definition) is 2. The summed E-state index contributed by atoms with van der Waals surface area (Å²) in [5.74, 6) is -0.637. The number of amides is 2. The van der Waals surface area contributed by atoms with Gasteiger partial charge >= 0.3 is 6.18 Å². The Kier molecular flexibility index (Phi) is 6.54. The smallest absolute Gasteiger partial charge is 0.349 e. The maximum absolute atomic E-state index is 13.0. The van der Waals surface area contributed by atoms with E-state index in [0.717, 1.165) is 12.1 Å². The summed E-state index contributed by atoms with van der Waals surface area (Å²) < 4.78 is 39.1. The Labute approximate surface area is 158 Å². The van der Waals surface area contributed by atoms with E-state index < -0.39 is 23.7 Å². The van der Waals surface area contributed by atoms with Crippen molar-refractivity contribution < 1.29 is 22.8 Å². The summed E-state index contributed by atoms with van der Waals surface area (Å²) in [5, 5.41) is 2.88. The predicted octanol–water partition coefficient (Wildman–Crippen LogP) is 4.17. The molecule has 1 heterocycles. The second-order valence-electron chi connectivity index (χ2n) is 7.85. The van der Waals surface area contributed by atoms with E-state index in [1.54, 1.807) is 11.0 Å². The lowest BCUT2D eigenvalue weighted by Crippen LogP contribution is -2.37. The number of likely N-dealkylation sites (tertiary alicyclic amines) is 1. The summed E-state index contributed by atoms with van der Waals surface area (Å²) >= 11 is 0. The quantitative estimate of drug-likeness (QED) is 0.800. The second-order valence-corrected chi connectivity index (χ2v) is 7.85. The number of rotatable bonds is 6. The zero-order chi connectivity index (χ0) is 20.4. The molecule has 27 heavy (non-hydrogen) atoms. The molecule has 7 heteroatoms. The zero-order valence-corrected chi connectivity index (χ0v) is 16.1. The van der Waals surface area contributed by atoms with Crippen molar-refractivity contribution in [3.05, 3.63) is 35.4 Å². The van der Waals surface area contributed by atoms with Gasteiger partial charge in [0.1, 0.15) is 0 Å². The number of nitrogens with zero attached hydrogens (tertiary/aromatic N) is 1. The van der Waals surface area contributed by atoms with Gasteiger partial charge in [-0.3, -0.25) is 9.59 Å². The molecule has 1 aliphatic rings. The standard InChI is InChI=1S/C20H27F3N2O2/c1-12(2)8-17(14-6-5-7-16(9-14)20(21,22)23)24-19(27)15-10-18(26)25(11-15)13(3)4/h5-7,9,12-13,15,17H,8,10-11H2,1-4H3,(H,24,27). The first-order valence-corrected chi connectivity index (χ1v) is 9.26. The van der Waals surface area contributed by atoms with Crippen LogP contribution in [0.25, 0.3) is 0 Å². The van der Waals surface area contributed by atoms with Crippen molar-refractivity contribution in [2.24, 2.45) is 11.8 Å². The highest BCUT2D eigenvalue weighted by atomic mass is 19.4. The third-order valence-electron chi connectivity index (χ3n) is 4.79. The van der Waals surface area contributed by atoms with Gasteiger partial charge in [0, 0.05) is 19.0 Å². The highest BCUT2D eigenvalue weighted by molar-refractivity contribution is 5.89. The molecule has 0 aromatic heterocycles. The summed E-state index contributed by atoms with van der Waals surface area (Å²) in [5.41, 5.74) is -0.304. The number of carbonyl (C=O) groups is 2. The molecule has 4 nitrogen and oxygen atoms in total. The highest BCUT2D eigenvalue weighted by Gasteiger charge is 2.36. The van der Waals surface area contributed by atoms with Gasteiger partial charge in [-0.1, -0.05) is 26.0 Å². The van der Waals surface area contributed by atoms with Crippen molar-refractivity contribution in [3.8, 4) is 0 Å². The Morgan fingerprint density at radius 2 is 1.93 bits per heavy atom. The van der Waals surface area contributed by atoms with Crippen LogP contribution in [0.2, 0.25) is 0 Å². The van der Waals surface area contributed by atoms with Crippen LogP contribution < -0.4 is 5.32 Å². The van der Waals surface area contributed by atoms with Gasteiger partial charge in [0.25, 0.3) is 0 Å². The maximum Gasteiger partial charge on any atom is 0.416 e. The summed E-state index contributed by atoms with van der Waals surface area (Å²) in [6, 6.07) is 4.56. The van der Waals surface area contributed by atoms with Crippen LogP contribution in [-0.2, 0) is 15.8 Å². The maximum atomic E-state index is 13.0. The van der Waals surface area contributed by atoms with Crippen LogP contribution >= 0.6 is 0 Å². The minimum atomic E-state index is -4.43. The fourth-order valence-corrected chi connectivity index (χ4v) is 3.38. The van der Waals surface area contributed by atoms with E-state index in [4.69, 9.17) is 0 Å². The molecule has 1 fully saturated rings. The molecule has 2 unspecified atom stereocenters. The largest absolute Gasteiger partial charge is 0.416 e. The summed E-state index contributed by atoms with van der Waals surface area (Å²) in [7, 11) is 0. The van der Waals surface area contributed by atoms with Crippen molar-refractivity contribution in [2.45, 2.75) is 58.8 Å². The van der Waals surface area contributed by atoms with Crippen LogP contribution in [0.4, 0.5) is 13.2 Å². The molecular weight excluding hydrogens is 357 g/mol. The van der Waals surface area contributed by atoms with Crippen LogP contribution in [-0.4, -0.2) is 29.3 Å². The molecule has 1 aliphatic heterocycles. The number of halogens is 3. The lowest BCUT2D eigenvalue weighted by molar-refractivity contribution is -0.137. The summed E-state index contributed by atoms with van der Waals surface area (Å²) in [4.78, 5) is 26.4. The zero-order valence-electron chi connectivity index (χ0n) is 16.1. The van der Waals surface area contributed by atoms with Gasteiger partial charge in [-0.15, -0.1) is 0 Å². The van der Waals surface area contributed by atoms with Crippen LogP contribution in [0.15, 0.2) is 24.3 Å². The highest BCUT2D eigenvalue weighted by Crippen LogP contribution is 2.32. The van der Waals surface area contributed by atoms with E-state index in [0.29, 0.717) is 18.5 Å². The average Bonchev–Trinajstić information content (AvgIpc) is 2.95. The number of benzene rings is 1. The molecule has 0 bridgehead atoms. The molecule has 1 aromatic carbocycles. The molecule has 0 aliphatic carbocycles. The number of hydrogen-bond donors (Lipinski definition) is 1. The number of nitrogens with one attached hydrogen (secondary N) is 1. The van der Waals surface area contributed by atoms with Crippen molar-refractivity contribution in [1.82, 2.24) is 10.2 Å². The lowest BCUT2D eigenvalue weighted by Gasteiger charge is -2.24. The normalized spacial score (nSPS) is 19.1. The first kappa shape index (κ1) is 21.3. The van der Waals surface area contributed by atoms with E-state index in [9.17, 15) is 22.8 Å². The molecule has 1 N–H and O–H groups in total. The Morgan fingerprint density at radius 3 is 2.44 bits per heavy atom. The van der Waals surface area contributed by atoms with Gasteiger partial charge < -0.3 is 10.2 Å². The van der Waals surface area contributed by atoms with Crippen LogP contribution in [0, 0.1) is 11.8 Å². The summed E-state index contributed by atoms with van der Waals surface area (Å²) in [6.45, 7) is 8.03. The topological polar surface area (TPSA) is 49.4 Å². The average molecular weight is 384 g/mol. The third kappa shape index (κ3) is 5.47. The van der Waals surface area contributed by atoms with Gasteiger partial charge in [0.15, 0.2) is 0 Å². The van der Waals surface area contributed by atoms with E-state index in [2.05, 4.69) is 5.32 Å². The van der Waals surface area contributed by atoms with Crippen molar-refractivity contribution in [1.29, 1.82) is 0 Å². The van der Waals surface area contributed by atoms with Crippen LogP contribution in [0.5, 0.6) is 0 Å². The molecule has 150 valence electrons. The Morgan fingerprint density at radius 1 is 1.26 bits per heavy atom. The van der Waals surface area contributed by atoms with E-state index in [-0.39, 0.29) is 30.2 Å². The fraction of sp³-hybridized carbons (Fsp3) is 0.600. The first-order chi connectivity index (χ1) is 12.5. The molecule has 2 amide bonds. The Bertz CT molecular complexity index is 686. The first-order valence-electron chi connectivity index (χ1n) is 9.26. The Hall–Kier alpha value is -2.05. The molecule has 2 atom stereocenters. The third-order valence-corrected chi connectivity index (χ3v) is 4.79. The molecular formula is C20H27F3N2O2. The monoisotopic (exact) mass is 384 g/mol. The Balaban J connectivity index is 2.18. The fourth-order valence-electron chi connectivity index (χ4n) is 3.38. The van der Waals surface area contributed by atoms with Gasteiger partial charge in [0.05, 0.1) is 17.5 Å². The molecule has 0 spiro atoms. The molecule has 2 rings (SSSR count). The predicted molar refractivity (Wildman–Crippen MR) is 96.7 cm³/mol. The van der Waals surface area contributed by atoms with Crippen LogP contribution in [0.1, 0.15) is 57.7 Å². The molecule has 1 saturated heterocycles. The van der Waals surface area contributed by atoms with Crippen molar-refractivity contribution >= 4 is 11.8 Å². The van der Waals surface area contributed by atoms with E-state index >= 15 is 0 Å². The van der Waals surface area contributed by atoms with Crippen molar-refractivity contribution in [2.75, 3.05) is 6.54 Å². The van der Waals surface area contributed by atoms with E-state index in [1.807, 2.05) is 27.7 Å². The van der Waals surface area contributed by atoms with E-state index in [1.165, 1.54) is 6.07 Å². The minimum Gasteiger partial charge on any atom is -0.349 e. The lowest BCUT2D eigenvalue weighted by atomic mass is 9.94. The van der Waals surface area contributed by atoms with Gasteiger partial charge in [0.2, 0.25) is 11.8 Å². The van der Waals surface area contributed by atoms with Gasteiger partial charge in [-0.2, -0.15) is 13.2 Å². The molecule has 0 saturated carbocycles. The van der Waals surface area contributed by atoms with Gasteiger partial charge in [-0.05, 0) is 43.9 Å². The number of carbonyl (C=O) groups excluding carboxylic acids is 2. The molecule has 0 radical (unpaired) electrons. The molecule has 1 aromatic rings.